The largest absolute Gasteiger partial charge is 0.497 e. The number of methoxy groups -OCH3 is 1. The lowest BCUT2D eigenvalue weighted by molar-refractivity contribution is 0.0722. The van der Waals surface area contributed by atoms with Gasteiger partial charge in [0.2, 0.25) is 0 Å². The number of piperidine rings is 1. The lowest BCUT2D eigenvalue weighted by Crippen LogP contribution is -2.36. The molecule has 2 aliphatic heterocycles. The SMILES string of the molecule is COc1ccc2c(c1)OCC(Cc1ncccc1C(=O)N1CCCCC1)C2. The minimum Gasteiger partial charge on any atom is -0.497 e. The Labute approximate surface area is 160 Å². The van der Waals surface area contributed by atoms with Crippen LogP contribution in [-0.2, 0) is 12.8 Å². The molecule has 5 heteroatoms. The van der Waals surface area contributed by atoms with Crippen LogP contribution in [0.1, 0.15) is 40.9 Å². The van der Waals surface area contributed by atoms with Crippen molar-refractivity contribution in [2.45, 2.75) is 32.1 Å². The third kappa shape index (κ3) is 3.92. The van der Waals surface area contributed by atoms with Crippen molar-refractivity contribution in [3.63, 3.8) is 0 Å². The monoisotopic (exact) mass is 366 g/mol. The first-order valence-corrected chi connectivity index (χ1v) is 9.77. The van der Waals surface area contributed by atoms with Crippen molar-refractivity contribution in [1.29, 1.82) is 0 Å². The second kappa shape index (κ2) is 7.99. The molecule has 0 radical (unpaired) electrons. The van der Waals surface area contributed by atoms with Gasteiger partial charge in [0.15, 0.2) is 0 Å². The summed E-state index contributed by atoms with van der Waals surface area (Å²) in [6.45, 7) is 2.35. The number of pyridine rings is 1. The molecule has 1 fully saturated rings. The van der Waals surface area contributed by atoms with Gasteiger partial charge in [-0.3, -0.25) is 9.78 Å². The molecular formula is C22H26N2O3. The van der Waals surface area contributed by atoms with Crippen LogP contribution >= 0.6 is 0 Å². The number of rotatable bonds is 4. The average molecular weight is 366 g/mol. The van der Waals surface area contributed by atoms with Crippen LogP contribution in [0.4, 0.5) is 0 Å². The van der Waals surface area contributed by atoms with Crippen LogP contribution in [-0.4, -0.2) is 42.6 Å². The van der Waals surface area contributed by atoms with Gasteiger partial charge in [-0.05, 0) is 55.9 Å². The third-order valence-electron chi connectivity index (χ3n) is 5.50. The molecule has 0 bridgehead atoms. The van der Waals surface area contributed by atoms with Gasteiger partial charge in [-0.15, -0.1) is 0 Å². The van der Waals surface area contributed by atoms with Crippen LogP contribution in [0.15, 0.2) is 36.5 Å². The fraction of sp³-hybridized carbons (Fsp3) is 0.455. The van der Waals surface area contributed by atoms with E-state index in [1.165, 1.54) is 12.0 Å². The van der Waals surface area contributed by atoms with Crippen molar-refractivity contribution in [2.24, 2.45) is 5.92 Å². The molecule has 2 aromatic rings. The maximum absolute atomic E-state index is 13.0. The number of amides is 1. The molecule has 0 aliphatic carbocycles. The summed E-state index contributed by atoms with van der Waals surface area (Å²) in [7, 11) is 1.66. The first-order chi connectivity index (χ1) is 13.2. The summed E-state index contributed by atoms with van der Waals surface area (Å²) in [5.74, 6) is 2.15. The Morgan fingerprint density at radius 3 is 2.93 bits per heavy atom. The van der Waals surface area contributed by atoms with Crippen molar-refractivity contribution in [3.8, 4) is 11.5 Å². The van der Waals surface area contributed by atoms with E-state index in [-0.39, 0.29) is 5.91 Å². The Hall–Kier alpha value is -2.56. The highest BCUT2D eigenvalue weighted by Crippen LogP contribution is 2.32. The number of ether oxygens (including phenoxy) is 2. The summed E-state index contributed by atoms with van der Waals surface area (Å²) in [6.07, 6.45) is 6.86. The van der Waals surface area contributed by atoms with Crippen molar-refractivity contribution in [2.75, 3.05) is 26.8 Å². The highest BCUT2D eigenvalue weighted by Gasteiger charge is 2.25. The van der Waals surface area contributed by atoms with Gasteiger partial charge in [0.1, 0.15) is 11.5 Å². The molecular weight excluding hydrogens is 340 g/mol. The number of aromatic nitrogens is 1. The van der Waals surface area contributed by atoms with Gasteiger partial charge in [-0.2, -0.15) is 0 Å². The number of carbonyl (C=O) groups excluding carboxylic acids is 1. The summed E-state index contributed by atoms with van der Waals surface area (Å²) < 4.78 is 11.2. The second-order valence-electron chi connectivity index (χ2n) is 7.41. The Bertz CT molecular complexity index is 815. The van der Waals surface area contributed by atoms with E-state index in [4.69, 9.17) is 9.47 Å². The number of fused-ring (bicyclic) bond motifs is 1. The maximum Gasteiger partial charge on any atom is 0.255 e. The van der Waals surface area contributed by atoms with E-state index in [0.717, 1.165) is 61.5 Å². The van der Waals surface area contributed by atoms with Gasteiger partial charge in [-0.25, -0.2) is 0 Å². The van der Waals surface area contributed by atoms with Gasteiger partial charge < -0.3 is 14.4 Å². The fourth-order valence-electron chi connectivity index (χ4n) is 4.01. The van der Waals surface area contributed by atoms with Crippen LogP contribution < -0.4 is 9.47 Å². The Balaban J connectivity index is 1.49. The van der Waals surface area contributed by atoms with Crippen LogP contribution in [0.3, 0.4) is 0 Å². The fourth-order valence-corrected chi connectivity index (χ4v) is 4.01. The molecule has 27 heavy (non-hydrogen) atoms. The van der Waals surface area contributed by atoms with Crippen molar-refractivity contribution in [1.82, 2.24) is 9.88 Å². The van der Waals surface area contributed by atoms with E-state index in [1.54, 1.807) is 13.3 Å². The number of carbonyl (C=O) groups is 1. The molecule has 142 valence electrons. The van der Waals surface area contributed by atoms with Crippen molar-refractivity contribution in [3.05, 3.63) is 53.3 Å². The van der Waals surface area contributed by atoms with Gasteiger partial charge in [0.05, 0.1) is 25.0 Å². The Morgan fingerprint density at radius 2 is 2.11 bits per heavy atom. The van der Waals surface area contributed by atoms with E-state index >= 15 is 0 Å². The zero-order valence-electron chi connectivity index (χ0n) is 15.8. The number of nitrogens with zero attached hydrogens (tertiary/aromatic N) is 2. The topological polar surface area (TPSA) is 51.7 Å². The molecule has 1 atom stereocenters. The van der Waals surface area contributed by atoms with Gasteiger partial charge in [0, 0.05) is 31.3 Å². The van der Waals surface area contributed by atoms with Gasteiger partial charge in [0.25, 0.3) is 5.91 Å². The average Bonchev–Trinajstić information content (AvgIpc) is 2.74. The molecule has 0 N–H and O–H groups in total. The van der Waals surface area contributed by atoms with Crippen LogP contribution in [0, 0.1) is 5.92 Å². The molecule has 1 aromatic heterocycles. The van der Waals surface area contributed by atoms with Gasteiger partial charge in [-0.1, -0.05) is 6.07 Å². The van der Waals surface area contributed by atoms with Crippen LogP contribution in [0.25, 0.3) is 0 Å². The maximum atomic E-state index is 13.0. The standard InChI is InChI=1S/C22H26N2O3/c1-26-18-8-7-17-12-16(15-27-21(17)14-18)13-20-19(6-5-9-23-20)22(25)24-10-3-2-4-11-24/h5-9,14,16H,2-4,10-13,15H2,1H3. The minimum absolute atomic E-state index is 0.125. The minimum atomic E-state index is 0.125. The Morgan fingerprint density at radius 1 is 1.26 bits per heavy atom. The second-order valence-corrected chi connectivity index (χ2v) is 7.41. The molecule has 0 spiro atoms. The van der Waals surface area contributed by atoms with Crippen LogP contribution in [0.2, 0.25) is 0 Å². The summed E-state index contributed by atoms with van der Waals surface area (Å²) in [5.41, 5.74) is 2.82. The predicted molar refractivity (Wildman–Crippen MR) is 103 cm³/mol. The van der Waals surface area contributed by atoms with Crippen molar-refractivity contribution < 1.29 is 14.3 Å². The molecule has 1 aromatic carbocycles. The molecule has 4 rings (SSSR count). The first-order valence-electron chi connectivity index (χ1n) is 9.77. The number of likely N-dealkylation sites (tertiary alicyclic amines) is 1. The van der Waals surface area contributed by atoms with E-state index in [0.29, 0.717) is 12.5 Å². The Kier molecular flexibility index (Phi) is 5.28. The van der Waals surface area contributed by atoms with E-state index < -0.39 is 0 Å². The molecule has 5 nitrogen and oxygen atoms in total. The molecule has 1 unspecified atom stereocenters. The smallest absolute Gasteiger partial charge is 0.255 e. The number of benzene rings is 1. The summed E-state index contributed by atoms with van der Waals surface area (Å²) >= 11 is 0. The number of hydrogen-bond acceptors (Lipinski definition) is 4. The number of hydrogen-bond donors (Lipinski definition) is 0. The van der Waals surface area contributed by atoms with Crippen LogP contribution in [0.5, 0.6) is 11.5 Å². The highest BCUT2D eigenvalue weighted by atomic mass is 16.5. The lowest BCUT2D eigenvalue weighted by atomic mass is 9.91. The summed E-state index contributed by atoms with van der Waals surface area (Å²) in [4.78, 5) is 19.5. The molecule has 3 heterocycles. The molecule has 2 aliphatic rings. The predicted octanol–water partition coefficient (Wildman–Crippen LogP) is 3.51. The highest BCUT2D eigenvalue weighted by molar-refractivity contribution is 5.95. The van der Waals surface area contributed by atoms with Crippen molar-refractivity contribution >= 4 is 5.91 Å². The quantitative estimate of drug-likeness (QED) is 0.831. The molecule has 1 amide bonds. The van der Waals surface area contributed by atoms with E-state index in [9.17, 15) is 4.79 Å². The zero-order valence-corrected chi connectivity index (χ0v) is 15.8. The normalized spacial score (nSPS) is 19.1. The van der Waals surface area contributed by atoms with Gasteiger partial charge >= 0.3 is 0 Å². The third-order valence-corrected chi connectivity index (χ3v) is 5.50. The summed E-state index contributed by atoms with van der Waals surface area (Å²) in [5, 5.41) is 0. The zero-order chi connectivity index (χ0) is 18.6. The molecule has 1 saturated heterocycles. The molecule has 0 saturated carbocycles. The van der Waals surface area contributed by atoms with E-state index in [1.807, 2.05) is 29.2 Å². The first kappa shape index (κ1) is 17.8. The summed E-state index contributed by atoms with van der Waals surface area (Å²) in [6, 6.07) is 9.76. The van der Waals surface area contributed by atoms with E-state index in [2.05, 4.69) is 11.1 Å². The lowest BCUT2D eigenvalue weighted by Gasteiger charge is -2.28.